The number of hydrogen-bond donors (Lipinski definition) is 1. The lowest BCUT2D eigenvalue weighted by molar-refractivity contribution is 0.0374. The molecule has 4 nitrogen and oxygen atoms in total. The van der Waals surface area contributed by atoms with Crippen LogP contribution in [0.15, 0.2) is 64.4 Å². The van der Waals surface area contributed by atoms with Gasteiger partial charge in [0, 0.05) is 29.4 Å². The zero-order valence-electron chi connectivity index (χ0n) is 14.3. The summed E-state index contributed by atoms with van der Waals surface area (Å²) in [5.41, 5.74) is 0.739. The van der Waals surface area contributed by atoms with E-state index in [4.69, 9.17) is 4.74 Å². The summed E-state index contributed by atoms with van der Waals surface area (Å²) in [6.07, 6.45) is 0.958. The van der Waals surface area contributed by atoms with Crippen LogP contribution in [0.2, 0.25) is 0 Å². The Hall–Kier alpha value is -1.82. The lowest BCUT2D eigenvalue weighted by Gasteiger charge is -2.26. The molecule has 5 heteroatoms. The summed E-state index contributed by atoms with van der Waals surface area (Å²) in [6, 6.07) is 17.9. The SMILES string of the molecule is O=C(NCCCN1CCOCC1)c1ccccc1Sc1ccccc1. The average molecular weight is 356 g/mol. The first-order valence-corrected chi connectivity index (χ1v) is 9.55. The maximum atomic E-state index is 12.5. The summed E-state index contributed by atoms with van der Waals surface area (Å²) in [4.78, 5) is 17.1. The minimum Gasteiger partial charge on any atom is -0.379 e. The predicted molar refractivity (Wildman–Crippen MR) is 101 cm³/mol. The van der Waals surface area contributed by atoms with Gasteiger partial charge in [0.15, 0.2) is 0 Å². The Bertz CT molecular complexity index is 672. The molecular weight excluding hydrogens is 332 g/mol. The molecule has 0 atom stereocenters. The average Bonchev–Trinajstić information content (AvgIpc) is 2.67. The summed E-state index contributed by atoms with van der Waals surface area (Å²) in [6.45, 7) is 5.31. The Morgan fingerprint density at radius 3 is 2.56 bits per heavy atom. The molecule has 0 bridgehead atoms. The van der Waals surface area contributed by atoms with Crippen LogP contribution in [0.5, 0.6) is 0 Å². The summed E-state index contributed by atoms with van der Waals surface area (Å²) >= 11 is 1.62. The van der Waals surface area contributed by atoms with E-state index in [2.05, 4.69) is 22.3 Å². The van der Waals surface area contributed by atoms with Gasteiger partial charge in [-0.15, -0.1) is 0 Å². The number of ether oxygens (including phenoxy) is 1. The van der Waals surface area contributed by atoms with Gasteiger partial charge < -0.3 is 10.1 Å². The molecule has 0 radical (unpaired) electrons. The van der Waals surface area contributed by atoms with E-state index >= 15 is 0 Å². The van der Waals surface area contributed by atoms with Gasteiger partial charge in [-0.1, -0.05) is 42.1 Å². The highest BCUT2D eigenvalue weighted by atomic mass is 32.2. The Morgan fingerprint density at radius 2 is 1.76 bits per heavy atom. The molecule has 0 aliphatic carbocycles. The van der Waals surface area contributed by atoms with Crippen LogP contribution in [0.25, 0.3) is 0 Å². The molecule has 1 aliphatic heterocycles. The molecule has 132 valence electrons. The topological polar surface area (TPSA) is 41.6 Å². The minimum absolute atomic E-state index is 0.000934. The molecule has 1 fully saturated rings. The fourth-order valence-corrected chi connectivity index (χ4v) is 3.75. The van der Waals surface area contributed by atoms with Gasteiger partial charge in [0.1, 0.15) is 0 Å². The van der Waals surface area contributed by atoms with Crippen LogP contribution in [0.3, 0.4) is 0 Å². The molecule has 0 saturated carbocycles. The van der Waals surface area contributed by atoms with E-state index in [-0.39, 0.29) is 5.91 Å². The second kappa shape index (κ2) is 9.61. The Kier molecular flexibility index (Phi) is 6.91. The van der Waals surface area contributed by atoms with E-state index in [1.165, 1.54) is 0 Å². The lowest BCUT2D eigenvalue weighted by Crippen LogP contribution is -2.38. The van der Waals surface area contributed by atoms with E-state index in [1.54, 1.807) is 11.8 Å². The molecule has 1 heterocycles. The molecule has 0 aromatic heterocycles. The van der Waals surface area contributed by atoms with Crippen LogP contribution in [-0.2, 0) is 4.74 Å². The Labute approximate surface area is 153 Å². The summed E-state index contributed by atoms with van der Waals surface area (Å²) in [5.74, 6) is 0.000934. The fourth-order valence-electron chi connectivity index (χ4n) is 2.78. The van der Waals surface area contributed by atoms with Crippen molar-refractivity contribution in [2.75, 3.05) is 39.4 Å². The molecule has 25 heavy (non-hydrogen) atoms. The summed E-state index contributed by atoms with van der Waals surface area (Å²) in [7, 11) is 0. The highest BCUT2D eigenvalue weighted by molar-refractivity contribution is 7.99. The largest absolute Gasteiger partial charge is 0.379 e. The van der Waals surface area contributed by atoms with Gasteiger partial charge in [-0.3, -0.25) is 9.69 Å². The van der Waals surface area contributed by atoms with Crippen LogP contribution in [0.1, 0.15) is 16.8 Å². The normalized spacial score (nSPS) is 15.0. The summed E-state index contributed by atoms with van der Waals surface area (Å²) < 4.78 is 5.35. The Morgan fingerprint density at radius 1 is 1.04 bits per heavy atom. The van der Waals surface area contributed by atoms with Crippen LogP contribution in [0, 0.1) is 0 Å². The summed E-state index contributed by atoms with van der Waals surface area (Å²) in [5, 5.41) is 3.05. The lowest BCUT2D eigenvalue weighted by atomic mass is 10.2. The highest BCUT2D eigenvalue weighted by Gasteiger charge is 2.13. The van der Waals surface area contributed by atoms with Gasteiger partial charge in [-0.2, -0.15) is 0 Å². The number of benzene rings is 2. The maximum Gasteiger partial charge on any atom is 0.252 e. The number of morpholine rings is 1. The van der Waals surface area contributed by atoms with Crippen molar-refractivity contribution < 1.29 is 9.53 Å². The zero-order valence-corrected chi connectivity index (χ0v) is 15.1. The van der Waals surface area contributed by atoms with E-state index in [1.807, 2.05) is 42.5 Å². The molecule has 2 aromatic carbocycles. The van der Waals surface area contributed by atoms with Crippen LogP contribution >= 0.6 is 11.8 Å². The van der Waals surface area contributed by atoms with Gasteiger partial charge in [0.2, 0.25) is 0 Å². The highest BCUT2D eigenvalue weighted by Crippen LogP contribution is 2.30. The smallest absolute Gasteiger partial charge is 0.252 e. The van der Waals surface area contributed by atoms with Crippen molar-refractivity contribution in [1.29, 1.82) is 0 Å². The number of carbonyl (C=O) groups excluding carboxylic acids is 1. The van der Waals surface area contributed by atoms with Crippen molar-refractivity contribution in [1.82, 2.24) is 10.2 Å². The molecule has 0 unspecified atom stereocenters. The van der Waals surface area contributed by atoms with Crippen LogP contribution < -0.4 is 5.32 Å². The molecule has 3 rings (SSSR count). The number of nitrogens with one attached hydrogen (secondary N) is 1. The van der Waals surface area contributed by atoms with Crippen LogP contribution in [0.4, 0.5) is 0 Å². The van der Waals surface area contributed by atoms with Crippen molar-refractivity contribution in [3.8, 4) is 0 Å². The van der Waals surface area contributed by atoms with Gasteiger partial charge in [0.25, 0.3) is 5.91 Å². The molecule has 1 N–H and O–H groups in total. The second-order valence-electron chi connectivity index (χ2n) is 5.97. The van der Waals surface area contributed by atoms with Gasteiger partial charge in [-0.05, 0) is 37.2 Å². The zero-order chi connectivity index (χ0) is 17.3. The van der Waals surface area contributed by atoms with Crippen molar-refractivity contribution >= 4 is 17.7 Å². The third-order valence-corrected chi connectivity index (χ3v) is 5.23. The molecule has 1 aliphatic rings. The Balaban J connectivity index is 1.51. The molecular formula is C20H24N2O2S. The second-order valence-corrected chi connectivity index (χ2v) is 7.09. The monoisotopic (exact) mass is 356 g/mol. The van der Waals surface area contributed by atoms with Crippen molar-refractivity contribution in [2.24, 2.45) is 0 Å². The molecule has 0 spiro atoms. The van der Waals surface area contributed by atoms with Crippen molar-refractivity contribution in [3.05, 3.63) is 60.2 Å². The minimum atomic E-state index is 0.000934. The third-order valence-electron chi connectivity index (χ3n) is 4.14. The van der Waals surface area contributed by atoms with E-state index in [0.29, 0.717) is 6.54 Å². The fraction of sp³-hybridized carbons (Fsp3) is 0.350. The van der Waals surface area contributed by atoms with E-state index in [0.717, 1.165) is 54.6 Å². The number of nitrogens with zero attached hydrogens (tertiary/aromatic N) is 1. The van der Waals surface area contributed by atoms with Crippen molar-refractivity contribution in [3.63, 3.8) is 0 Å². The molecule has 2 aromatic rings. The van der Waals surface area contributed by atoms with E-state index < -0.39 is 0 Å². The van der Waals surface area contributed by atoms with Crippen LogP contribution in [-0.4, -0.2) is 50.2 Å². The molecule has 1 saturated heterocycles. The van der Waals surface area contributed by atoms with E-state index in [9.17, 15) is 4.79 Å². The first-order valence-electron chi connectivity index (χ1n) is 8.73. The van der Waals surface area contributed by atoms with Gasteiger partial charge in [-0.25, -0.2) is 0 Å². The first-order chi connectivity index (χ1) is 12.3. The van der Waals surface area contributed by atoms with Crippen molar-refractivity contribution in [2.45, 2.75) is 16.2 Å². The number of rotatable bonds is 7. The molecule has 1 amide bonds. The maximum absolute atomic E-state index is 12.5. The first kappa shape index (κ1) is 18.0. The quantitative estimate of drug-likeness (QED) is 0.773. The number of amides is 1. The predicted octanol–water partition coefficient (Wildman–Crippen LogP) is 3.29. The number of hydrogen-bond acceptors (Lipinski definition) is 4. The third kappa shape index (κ3) is 5.59. The van der Waals surface area contributed by atoms with Gasteiger partial charge in [0.05, 0.1) is 18.8 Å². The standard InChI is InChI=1S/C20H24N2O2S/c23-20(21-11-6-12-22-13-15-24-16-14-22)18-9-4-5-10-19(18)25-17-7-2-1-3-8-17/h1-5,7-10H,6,11-16H2,(H,21,23). The number of carbonyl (C=O) groups is 1. The van der Waals surface area contributed by atoms with Gasteiger partial charge >= 0.3 is 0 Å².